The standard InChI is InChI=1S/C22H23NO3S/c1-3-26-22(24)20(16-8-5-4-6-9-16)21(19-10-7-15-27-19)23-17-11-13-18(25-2)14-12-17/h4-15,20-21,23H,3H2,1-2H3/t20-,21+/m1/s1. The van der Waals surface area contributed by atoms with Crippen LogP contribution in [0, 0.1) is 0 Å². The van der Waals surface area contributed by atoms with Gasteiger partial charge in [0.15, 0.2) is 0 Å². The van der Waals surface area contributed by atoms with Crippen LogP contribution in [0.1, 0.15) is 29.3 Å². The molecule has 3 rings (SSSR count). The van der Waals surface area contributed by atoms with Crippen LogP contribution >= 0.6 is 11.3 Å². The minimum absolute atomic E-state index is 0.233. The highest BCUT2D eigenvalue weighted by atomic mass is 32.1. The van der Waals surface area contributed by atoms with E-state index in [1.54, 1.807) is 18.4 Å². The lowest BCUT2D eigenvalue weighted by atomic mass is 9.90. The first-order valence-electron chi connectivity index (χ1n) is 8.88. The first kappa shape index (κ1) is 19.0. The monoisotopic (exact) mass is 381 g/mol. The second kappa shape index (κ2) is 9.24. The molecule has 0 saturated heterocycles. The number of benzene rings is 2. The lowest BCUT2D eigenvalue weighted by Crippen LogP contribution is -2.27. The Morgan fingerprint density at radius 3 is 2.37 bits per heavy atom. The van der Waals surface area contributed by atoms with Gasteiger partial charge in [0.2, 0.25) is 0 Å². The molecule has 0 radical (unpaired) electrons. The van der Waals surface area contributed by atoms with Gasteiger partial charge in [-0.3, -0.25) is 4.79 Å². The Balaban J connectivity index is 1.99. The van der Waals surface area contributed by atoms with E-state index in [1.165, 1.54) is 0 Å². The van der Waals surface area contributed by atoms with Crippen molar-refractivity contribution in [2.45, 2.75) is 18.9 Å². The Bertz CT molecular complexity index is 832. The maximum atomic E-state index is 12.9. The summed E-state index contributed by atoms with van der Waals surface area (Å²) in [5.74, 6) is 0.105. The van der Waals surface area contributed by atoms with Crippen molar-refractivity contribution in [2.75, 3.05) is 19.0 Å². The zero-order valence-electron chi connectivity index (χ0n) is 15.4. The SMILES string of the molecule is CCOC(=O)[C@H](c1ccccc1)[C@@H](Nc1ccc(OC)cc1)c1cccs1. The van der Waals surface area contributed by atoms with Crippen molar-refractivity contribution in [3.8, 4) is 5.75 Å². The zero-order chi connectivity index (χ0) is 19.1. The normalized spacial score (nSPS) is 12.8. The van der Waals surface area contributed by atoms with Crippen molar-refractivity contribution in [1.82, 2.24) is 0 Å². The van der Waals surface area contributed by atoms with Gasteiger partial charge in [-0.25, -0.2) is 0 Å². The molecule has 2 aromatic carbocycles. The molecule has 0 aliphatic rings. The van der Waals surface area contributed by atoms with Crippen LogP contribution in [0.25, 0.3) is 0 Å². The minimum atomic E-state index is -0.452. The second-order valence-electron chi connectivity index (χ2n) is 6.01. The first-order valence-corrected chi connectivity index (χ1v) is 9.76. The van der Waals surface area contributed by atoms with Gasteiger partial charge < -0.3 is 14.8 Å². The third-order valence-electron chi connectivity index (χ3n) is 4.29. The molecule has 0 aliphatic heterocycles. The van der Waals surface area contributed by atoms with E-state index < -0.39 is 5.92 Å². The summed E-state index contributed by atoms with van der Waals surface area (Å²) in [6, 6.07) is 21.3. The maximum absolute atomic E-state index is 12.9. The van der Waals surface area contributed by atoms with Crippen LogP contribution in [-0.2, 0) is 9.53 Å². The Morgan fingerprint density at radius 1 is 1.04 bits per heavy atom. The molecule has 0 unspecified atom stereocenters. The van der Waals surface area contributed by atoms with Crippen LogP contribution in [0.15, 0.2) is 72.1 Å². The highest BCUT2D eigenvalue weighted by Gasteiger charge is 2.33. The number of carbonyl (C=O) groups excluding carboxylic acids is 1. The highest BCUT2D eigenvalue weighted by molar-refractivity contribution is 7.10. The number of carbonyl (C=O) groups is 1. The van der Waals surface area contributed by atoms with E-state index in [-0.39, 0.29) is 12.0 Å². The largest absolute Gasteiger partial charge is 0.497 e. The van der Waals surface area contributed by atoms with Gasteiger partial charge in [0.25, 0.3) is 0 Å². The van der Waals surface area contributed by atoms with Gasteiger partial charge in [-0.2, -0.15) is 0 Å². The Labute approximate surface area is 163 Å². The molecule has 0 bridgehead atoms. The predicted molar refractivity (Wildman–Crippen MR) is 109 cm³/mol. The summed E-state index contributed by atoms with van der Waals surface area (Å²) >= 11 is 1.62. The van der Waals surface area contributed by atoms with E-state index in [1.807, 2.05) is 79.0 Å². The Hall–Kier alpha value is -2.79. The van der Waals surface area contributed by atoms with Crippen LogP contribution in [0.3, 0.4) is 0 Å². The molecular formula is C22H23NO3S. The third kappa shape index (κ3) is 4.68. The van der Waals surface area contributed by atoms with Crippen LogP contribution in [0.5, 0.6) is 5.75 Å². The number of nitrogens with one attached hydrogen (secondary N) is 1. The minimum Gasteiger partial charge on any atom is -0.497 e. The third-order valence-corrected chi connectivity index (χ3v) is 5.25. The molecule has 3 aromatic rings. The van der Waals surface area contributed by atoms with Crippen molar-refractivity contribution in [3.63, 3.8) is 0 Å². The van der Waals surface area contributed by atoms with Gasteiger partial charge in [-0.05, 0) is 48.2 Å². The average molecular weight is 381 g/mol. The number of thiophene rings is 1. The Morgan fingerprint density at radius 2 is 1.78 bits per heavy atom. The fraction of sp³-hybridized carbons (Fsp3) is 0.227. The molecule has 5 heteroatoms. The number of methoxy groups -OCH3 is 1. The molecule has 0 fully saturated rings. The fourth-order valence-corrected chi connectivity index (χ4v) is 3.82. The molecule has 140 valence electrons. The zero-order valence-corrected chi connectivity index (χ0v) is 16.2. The van der Waals surface area contributed by atoms with E-state index in [9.17, 15) is 4.79 Å². The number of ether oxygens (including phenoxy) is 2. The molecule has 1 aromatic heterocycles. The molecule has 1 heterocycles. The number of anilines is 1. The fourth-order valence-electron chi connectivity index (χ4n) is 3.01. The molecule has 27 heavy (non-hydrogen) atoms. The molecular weight excluding hydrogens is 358 g/mol. The van der Waals surface area contributed by atoms with E-state index in [4.69, 9.17) is 9.47 Å². The van der Waals surface area contributed by atoms with Crippen molar-refractivity contribution >= 4 is 23.0 Å². The van der Waals surface area contributed by atoms with E-state index in [2.05, 4.69) is 5.32 Å². The van der Waals surface area contributed by atoms with Gasteiger partial charge >= 0.3 is 5.97 Å². The van der Waals surface area contributed by atoms with Crippen molar-refractivity contribution in [3.05, 3.63) is 82.6 Å². The second-order valence-corrected chi connectivity index (χ2v) is 6.99. The summed E-state index contributed by atoms with van der Waals surface area (Å²) in [5.41, 5.74) is 1.84. The summed E-state index contributed by atoms with van der Waals surface area (Å²) in [6.07, 6.45) is 0. The lowest BCUT2D eigenvalue weighted by Gasteiger charge is -2.27. The maximum Gasteiger partial charge on any atom is 0.315 e. The highest BCUT2D eigenvalue weighted by Crippen LogP contribution is 2.37. The van der Waals surface area contributed by atoms with Gasteiger partial charge in [0.1, 0.15) is 11.7 Å². The van der Waals surface area contributed by atoms with Gasteiger partial charge in [0, 0.05) is 10.6 Å². The molecule has 0 spiro atoms. The van der Waals surface area contributed by atoms with Crippen LogP contribution < -0.4 is 10.1 Å². The van der Waals surface area contributed by atoms with E-state index >= 15 is 0 Å². The van der Waals surface area contributed by atoms with Crippen LogP contribution in [-0.4, -0.2) is 19.7 Å². The quantitative estimate of drug-likeness (QED) is 0.541. The van der Waals surface area contributed by atoms with Gasteiger partial charge in [-0.15, -0.1) is 11.3 Å². The molecule has 4 nitrogen and oxygen atoms in total. The summed E-state index contributed by atoms with van der Waals surface area (Å²) < 4.78 is 10.7. The number of hydrogen-bond donors (Lipinski definition) is 1. The van der Waals surface area contributed by atoms with Crippen molar-refractivity contribution < 1.29 is 14.3 Å². The van der Waals surface area contributed by atoms with E-state index in [0.29, 0.717) is 6.61 Å². The Kier molecular flexibility index (Phi) is 6.49. The predicted octanol–water partition coefficient (Wildman–Crippen LogP) is 5.26. The molecule has 1 N–H and O–H groups in total. The molecule has 0 aliphatic carbocycles. The average Bonchev–Trinajstić information content (AvgIpc) is 3.24. The smallest absolute Gasteiger partial charge is 0.315 e. The molecule has 0 saturated carbocycles. The van der Waals surface area contributed by atoms with Crippen molar-refractivity contribution in [1.29, 1.82) is 0 Å². The number of esters is 1. The topological polar surface area (TPSA) is 47.6 Å². The number of rotatable bonds is 8. The lowest BCUT2D eigenvalue weighted by molar-refractivity contribution is -0.145. The van der Waals surface area contributed by atoms with Crippen molar-refractivity contribution in [2.24, 2.45) is 0 Å². The molecule has 2 atom stereocenters. The summed E-state index contributed by atoms with van der Waals surface area (Å²) in [6.45, 7) is 2.18. The van der Waals surface area contributed by atoms with Crippen LogP contribution in [0.2, 0.25) is 0 Å². The summed E-state index contributed by atoms with van der Waals surface area (Å²) in [4.78, 5) is 14.0. The summed E-state index contributed by atoms with van der Waals surface area (Å²) in [7, 11) is 1.64. The first-order chi connectivity index (χ1) is 13.2. The van der Waals surface area contributed by atoms with Gasteiger partial charge in [0.05, 0.1) is 19.8 Å². The van der Waals surface area contributed by atoms with Crippen LogP contribution in [0.4, 0.5) is 5.69 Å². The van der Waals surface area contributed by atoms with E-state index in [0.717, 1.165) is 21.9 Å². The molecule has 0 amide bonds. The van der Waals surface area contributed by atoms with Gasteiger partial charge in [-0.1, -0.05) is 36.4 Å². The summed E-state index contributed by atoms with van der Waals surface area (Å²) in [5, 5.41) is 5.54. The number of hydrogen-bond acceptors (Lipinski definition) is 5.